The quantitative estimate of drug-likeness (QED) is 0.389. The zero-order chi connectivity index (χ0) is 25.9. The van der Waals surface area contributed by atoms with Crippen molar-refractivity contribution < 1.29 is 63.3 Å². The summed E-state index contributed by atoms with van der Waals surface area (Å²) >= 11 is 0. The molecule has 1 saturated heterocycles. The third kappa shape index (κ3) is 3.61. The summed E-state index contributed by atoms with van der Waals surface area (Å²) in [5.41, 5.74) is -10.3. The predicted molar refractivity (Wildman–Crippen MR) is 91.3 cm³/mol. The van der Waals surface area contributed by atoms with Gasteiger partial charge in [-0.3, -0.25) is 4.79 Å². The maximum absolute atomic E-state index is 15.7. The number of hydrogen-bond donors (Lipinski definition) is 1. The fourth-order valence-electron chi connectivity index (χ4n) is 4.38. The normalized spacial score (nSPS) is 36.3. The minimum atomic E-state index is -6.68. The van der Waals surface area contributed by atoms with Gasteiger partial charge in [-0.2, -0.15) is 43.9 Å². The van der Waals surface area contributed by atoms with Gasteiger partial charge in [-0.1, -0.05) is 33.1 Å². The summed E-state index contributed by atoms with van der Waals surface area (Å²) in [6, 6.07) is 0. The molecule has 1 N–H and O–H groups in total. The van der Waals surface area contributed by atoms with Crippen LogP contribution in [-0.2, 0) is 14.3 Å². The van der Waals surface area contributed by atoms with Crippen molar-refractivity contribution in [1.82, 2.24) is 0 Å². The molecule has 4 nitrogen and oxygen atoms in total. The second-order valence-electron chi connectivity index (χ2n) is 8.72. The molecule has 0 radical (unpaired) electrons. The Morgan fingerprint density at radius 2 is 1.48 bits per heavy atom. The summed E-state index contributed by atoms with van der Waals surface area (Å²) in [5, 5.41) is 9.92. The maximum atomic E-state index is 15.7. The number of rotatable bonds is 4. The van der Waals surface area contributed by atoms with Gasteiger partial charge in [0.1, 0.15) is 0 Å². The Bertz CT molecular complexity index is 746. The van der Waals surface area contributed by atoms with Gasteiger partial charge in [0, 0.05) is 5.92 Å². The molecule has 4 unspecified atom stereocenters. The summed E-state index contributed by atoms with van der Waals surface area (Å²) in [4.78, 5) is 12.1. The Labute approximate surface area is 182 Å². The molecule has 2 fully saturated rings. The van der Waals surface area contributed by atoms with E-state index in [0.717, 1.165) is 6.92 Å². The lowest BCUT2D eigenvalue weighted by Gasteiger charge is -2.61. The molecule has 14 heteroatoms. The molecule has 0 bridgehead atoms. The van der Waals surface area contributed by atoms with E-state index in [1.165, 1.54) is 6.92 Å². The highest BCUT2D eigenvalue weighted by atomic mass is 19.4. The van der Waals surface area contributed by atoms with Crippen molar-refractivity contribution in [2.24, 2.45) is 11.8 Å². The maximum Gasteiger partial charge on any atom is 0.449 e. The lowest BCUT2D eigenvalue weighted by atomic mass is 9.64. The number of carbonyl (C=O) groups excluding carboxylic acids is 1. The Balaban J connectivity index is 2.93. The zero-order valence-electron chi connectivity index (χ0n) is 17.8. The van der Waals surface area contributed by atoms with Crippen molar-refractivity contribution in [3.8, 4) is 0 Å². The first kappa shape index (κ1) is 27.9. The molecule has 33 heavy (non-hydrogen) atoms. The van der Waals surface area contributed by atoms with Gasteiger partial charge in [0.05, 0.1) is 5.92 Å². The van der Waals surface area contributed by atoms with Gasteiger partial charge in [-0.15, -0.1) is 0 Å². The van der Waals surface area contributed by atoms with E-state index in [0.29, 0.717) is 0 Å². The molecule has 1 heterocycles. The first-order valence-corrected chi connectivity index (χ1v) is 10.2. The van der Waals surface area contributed by atoms with Crippen molar-refractivity contribution in [3.05, 3.63) is 0 Å². The van der Waals surface area contributed by atoms with Crippen LogP contribution in [0, 0.1) is 11.8 Å². The van der Waals surface area contributed by atoms with E-state index in [1.54, 1.807) is 0 Å². The molecule has 0 aromatic heterocycles. The van der Waals surface area contributed by atoms with Crippen LogP contribution in [0.15, 0.2) is 0 Å². The molecule has 194 valence electrons. The van der Waals surface area contributed by atoms with Crippen LogP contribution in [0.3, 0.4) is 0 Å². The summed E-state index contributed by atoms with van der Waals surface area (Å²) in [6.07, 6.45) is -14.8. The van der Waals surface area contributed by atoms with E-state index in [2.05, 4.69) is 9.47 Å². The van der Waals surface area contributed by atoms with Crippen molar-refractivity contribution in [3.63, 3.8) is 0 Å². The first-order valence-electron chi connectivity index (χ1n) is 10.2. The number of halogens is 10. The van der Waals surface area contributed by atoms with Crippen molar-refractivity contribution in [2.45, 2.75) is 100 Å². The number of hydrogen-bond acceptors (Lipinski definition) is 4. The monoisotopic (exact) mass is 506 g/mol. The molecule has 0 aromatic carbocycles. The Hall–Kier alpha value is -1.31. The van der Waals surface area contributed by atoms with Gasteiger partial charge in [0.25, 0.3) is 0 Å². The van der Waals surface area contributed by atoms with E-state index in [4.69, 9.17) is 0 Å². The second-order valence-corrected chi connectivity index (χ2v) is 8.72. The van der Waals surface area contributed by atoms with E-state index < -0.39 is 78.8 Å². The Morgan fingerprint density at radius 3 is 1.88 bits per heavy atom. The molecular formula is C19H24F10O4. The third-order valence-corrected chi connectivity index (χ3v) is 6.70. The summed E-state index contributed by atoms with van der Waals surface area (Å²) in [7, 11) is 0. The minimum Gasteiger partial charge on any atom is -0.446 e. The Morgan fingerprint density at radius 1 is 1.00 bits per heavy atom. The average molecular weight is 506 g/mol. The van der Waals surface area contributed by atoms with Crippen LogP contribution in [0.2, 0.25) is 0 Å². The van der Waals surface area contributed by atoms with E-state index in [9.17, 15) is 36.2 Å². The smallest absolute Gasteiger partial charge is 0.446 e. The first-order chi connectivity index (χ1) is 14.7. The van der Waals surface area contributed by atoms with Gasteiger partial charge in [0.2, 0.25) is 11.2 Å². The highest BCUT2D eigenvalue weighted by Crippen LogP contribution is 2.69. The van der Waals surface area contributed by atoms with Crippen molar-refractivity contribution in [2.75, 3.05) is 0 Å². The molecule has 1 aliphatic carbocycles. The van der Waals surface area contributed by atoms with E-state index >= 15 is 17.6 Å². The fraction of sp³-hybridized carbons (Fsp3) is 0.947. The molecule has 1 saturated carbocycles. The van der Waals surface area contributed by atoms with Crippen LogP contribution < -0.4 is 0 Å². The van der Waals surface area contributed by atoms with Gasteiger partial charge in [-0.05, 0) is 26.2 Å². The van der Waals surface area contributed by atoms with Crippen LogP contribution in [0.4, 0.5) is 43.9 Å². The lowest BCUT2D eigenvalue weighted by molar-refractivity contribution is -0.563. The van der Waals surface area contributed by atoms with Crippen LogP contribution in [0.25, 0.3) is 0 Å². The molecule has 2 rings (SSSR count). The average Bonchev–Trinajstić information content (AvgIpc) is 2.68. The SMILES string of the molecule is CCC(C)C(=O)OC1(C)C(F)(F)C(O)(C(F)(F)F)OC(C2CCCCC2)(C(F)(F)F)C1(F)F. The van der Waals surface area contributed by atoms with Crippen LogP contribution in [-0.4, -0.2) is 52.3 Å². The van der Waals surface area contributed by atoms with Gasteiger partial charge in [0.15, 0.2) is 0 Å². The summed E-state index contributed by atoms with van der Waals surface area (Å²) in [5.74, 6) is -24.0. The fourth-order valence-corrected chi connectivity index (χ4v) is 4.38. The largest absolute Gasteiger partial charge is 0.449 e. The van der Waals surface area contributed by atoms with Crippen LogP contribution in [0.1, 0.15) is 59.3 Å². The number of esters is 1. The second kappa shape index (κ2) is 8.13. The minimum absolute atomic E-state index is 0.133. The highest BCUT2D eigenvalue weighted by molar-refractivity contribution is 5.72. The van der Waals surface area contributed by atoms with E-state index in [1.807, 2.05) is 0 Å². The summed E-state index contributed by atoms with van der Waals surface area (Å²) < 4.78 is 153. The van der Waals surface area contributed by atoms with E-state index in [-0.39, 0.29) is 25.7 Å². The van der Waals surface area contributed by atoms with Gasteiger partial charge >= 0.3 is 36.0 Å². The third-order valence-electron chi connectivity index (χ3n) is 6.70. The number of carbonyl (C=O) groups is 1. The number of alkyl halides is 10. The molecule has 0 amide bonds. The number of ether oxygens (including phenoxy) is 2. The molecule has 2 aliphatic rings. The van der Waals surface area contributed by atoms with Crippen molar-refractivity contribution in [1.29, 1.82) is 0 Å². The van der Waals surface area contributed by atoms with Gasteiger partial charge < -0.3 is 14.6 Å². The predicted octanol–water partition coefficient (Wildman–Crippen LogP) is 5.77. The zero-order valence-corrected chi connectivity index (χ0v) is 17.8. The molecule has 0 spiro atoms. The molecule has 1 aliphatic heterocycles. The molecular weight excluding hydrogens is 482 g/mol. The van der Waals surface area contributed by atoms with Crippen LogP contribution in [0.5, 0.6) is 0 Å². The topological polar surface area (TPSA) is 55.8 Å². The summed E-state index contributed by atoms with van der Waals surface area (Å²) in [6.45, 7) is 1.84. The highest BCUT2D eigenvalue weighted by Gasteiger charge is 2.96. The Kier molecular flexibility index (Phi) is 6.88. The molecule has 0 aromatic rings. The standard InChI is InChI=1S/C19H24F10O4/c1-4-10(2)12(30)32-13(3)15(20,21)14(18(24,25)26,11-8-6-5-7-9-11)33-17(31,16(13,22)23)19(27,28)29/h10-11,31H,4-9H2,1-3H3. The molecule has 4 atom stereocenters. The van der Waals surface area contributed by atoms with Crippen molar-refractivity contribution >= 4 is 5.97 Å². The van der Waals surface area contributed by atoms with Gasteiger partial charge in [-0.25, -0.2) is 0 Å². The lowest BCUT2D eigenvalue weighted by Crippen LogP contribution is -2.88. The van der Waals surface area contributed by atoms with Crippen LogP contribution >= 0.6 is 0 Å². The number of aliphatic hydroxyl groups is 1.